The summed E-state index contributed by atoms with van der Waals surface area (Å²) in [6.07, 6.45) is 2.90. The first-order valence-corrected chi connectivity index (χ1v) is 7.62. The van der Waals surface area contributed by atoms with Gasteiger partial charge in [0.25, 0.3) is 11.8 Å². The van der Waals surface area contributed by atoms with Crippen molar-refractivity contribution < 1.29 is 14.3 Å². The Labute approximate surface area is 149 Å². The van der Waals surface area contributed by atoms with Gasteiger partial charge >= 0.3 is 0 Å². The fourth-order valence-electron chi connectivity index (χ4n) is 1.79. The standard InChI is InChI=1S/C17H14Cl2N2O3/c1-24-13-6-2-11(3-7-13)4-9-16(22)20-21-17(23)14-8-5-12(18)10-15(14)19/h2-10H,1H3,(H,20,22)(H,21,23). The zero-order valence-corrected chi connectivity index (χ0v) is 14.2. The Kier molecular flexibility index (Phi) is 6.23. The number of hydrazine groups is 1. The van der Waals surface area contributed by atoms with Crippen molar-refractivity contribution in [3.05, 3.63) is 69.7 Å². The molecular formula is C17H14Cl2N2O3. The predicted molar refractivity (Wildman–Crippen MR) is 94.1 cm³/mol. The average molecular weight is 365 g/mol. The summed E-state index contributed by atoms with van der Waals surface area (Å²) in [5.74, 6) is -0.296. The smallest absolute Gasteiger partial charge is 0.271 e. The fourth-order valence-corrected chi connectivity index (χ4v) is 2.28. The normalized spacial score (nSPS) is 10.5. The topological polar surface area (TPSA) is 67.4 Å². The minimum Gasteiger partial charge on any atom is -0.497 e. The first-order chi connectivity index (χ1) is 11.5. The summed E-state index contributed by atoms with van der Waals surface area (Å²) >= 11 is 11.7. The largest absolute Gasteiger partial charge is 0.497 e. The number of rotatable bonds is 4. The molecule has 0 aliphatic heterocycles. The molecule has 2 aromatic carbocycles. The number of halogens is 2. The third kappa shape index (κ3) is 5.01. The molecule has 0 aliphatic rings. The van der Waals surface area contributed by atoms with Crippen LogP contribution < -0.4 is 15.6 Å². The molecule has 2 rings (SSSR count). The van der Waals surface area contributed by atoms with Crippen LogP contribution in [0.15, 0.2) is 48.5 Å². The van der Waals surface area contributed by atoms with Crippen LogP contribution >= 0.6 is 23.2 Å². The van der Waals surface area contributed by atoms with Gasteiger partial charge in [-0.2, -0.15) is 0 Å². The molecule has 2 aromatic rings. The number of hydrogen-bond acceptors (Lipinski definition) is 3. The Morgan fingerprint density at radius 2 is 1.75 bits per heavy atom. The van der Waals surface area contributed by atoms with Gasteiger partial charge in [-0.3, -0.25) is 20.4 Å². The molecule has 0 spiro atoms. The summed E-state index contributed by atoms with van der Waals surface area (Å²) in [5.41, 5.74) is 5.58. The van der Waals surface area contributed by atoms with E-state index in [4.69, 9.17) is 27.9 Å². The lowest BCUT2D eigenvalue weighted by molar-refractivity contribution is -0.117. The SMILES string of the molecule is COc1ccc(C=CC(=O)NNC(=O)c2ccc(Cl)cc2Cl)cc1. The molecule has 2 N–H and O–H groups in total. The van der Waals surface area contributed by atoms with Crippen LogP contribution in [0.1, 0.15) is 15.9 Å². The Bertz CT molecular complexity index is 774. The van der Waals surface area contributed by atoms with Crippen molar-refractivity contribution in [1.82, 2.24) is 10.9 Å². The highest BCUT2D eigenvalue weighted by Gasteiger charge is 2.10. The molecule has 0 radical (unpaired) electrons. The Balaban J connectivity index is 1.90. The van der Waals surface area contributed by atoms with E-state index in [9.17, 15) is 9.59 Å². The fraction of sp³-hybridized carbons (Fsp3) is 0.0588. The molecule has 0 aliphatic carbocycles. The summed E-state index contributed by atoms with van der Waals surface area (Å²) in [7, 11) is 1.58. The highest BCUT2D eigenvalue weighted by molar-refractivity contribution is 6.36. The molecule has 0 atom stereocenters. The van der Waals surface area contributed by atoms with Crippen molar-refractivity contribution in [3.8, 4) is 5.75 Å². The van der Waals surface area contributed by atoms with E-state index in [0.29, 0.717) is 5.02 Å². The molecule has 0 saturated carbocycles. The number of carbonyl (C=O) groups excluding carboxylic acids is 2. The highest BCUT2D eigenvalue weighted by Crippen LogP contribution is 2.20. The molecule has 0 heterocycles. The maximum absolute atomic E-state index is 11.9. The summed E-state index contributed by atoms with van der Waals surface area (Å²) in [6.45, 7) is 0. The lowest BCUT2D eigenvalue weighted by atomic mass is 10.2. The maximum Gasteiger partial charge on any atom is 0.271 e. The van der Waals surface area contributed by atoms with Crippen LogP contribution in [0.5, 0.6) is 5.75 Å². The van der Waals surface area contributed by atoms with Gasteiger partial charge < -0.3 is 4.74 Å². The third-order valence-electron chi connectivity index (χ3n) is 3.02. The van der Waals surface area contributed by atoms with Gasteiger partial charge in [-0.15, -0.1) is 0 Å². The molecule has 5 nitrogen and oxygen atoms in total. The molecule has 7 heteroatoms. The van der Waals surface area contributed by atoms with Gasteiger partial charge in [-0.1, -0.05) is 35.3 Å². The summed E-state index contributed by atoms with van der Waals surface area (Å²) in [6, 6.07) is 11.6. The van der Waals surface area contributed by atoms with E-state index in [-0.39, 0.29) is 10.6 Å². The Morgan fingerprint density at radius 1 is 1.04 bits per heavy atom. The van der Waals surface area contributed by atoms with Crippen LogP contribution in [0.25, 0.3) is 6.08 Å². The van der Waals surface area contributed by atoms with Crippen molar-refractivity contribution in [1.29, 1.82) is 0 Å². The second-order valence-corrected chi connectivity index (χ2v) is 5.52. The van der Waals surface area contributed by atoms with Crippen LogP contribution in [-0.4, -0.2) is 18.9 Å². The molecule has 124 valence electrons. The molecule has 24 heavy (non-hydrogen) atoms. The molecule has 2 amide bonds. The number of methoxy groups -OCH3 is 1. The highest BCUT2D eigenvalue weighted by atomic mass is 35.5. The van der Waals surface area contributed by atoms with Crippen LogP contribution in [0, 0.1) is 0 Å². The van der Waals surface area contributed by atoms with Gasteiger partial charge in [0.1, 0.15) is 5.75 Å². The summed E-state index contributed by atoms with van der Waals surface area (Å²) in [4.78, 5) is 23.7. The van der Waals surface area contributed by atoms with Crippen molar-refractivity contribution in [2.24, 2.45) is 0 Å². The number of benzene rings is 2. The van der Waals surface area contributed by atoms with Crippen molar-refractivity contribution >= 4 is 41.1 Å². The third-order valence-corrected chi connectivity index (χ3v) is 3.57. The van der Waals surface area contributed by atoms with Gasteiger partial charge in [-0.05, 0) is 42.0 Å². The molecule has 0 aromatic heterocycles. The van der Waals surface area contributed by atoms with Gasteiger partial charge in [0.05, 0.1) is 17.7 Å². The molecular weight excluding hydrogens is 351 g/mol. The Morgan fingerprint density at radius 3 is 2.38 bits per heavy atom. The van der Waals surface area contributed by atoms with Gasteiger partial charge in [0, 0.05) is 11.1 Å². The number of amides is 2. The van der Waals surface area contributed by atoms with E-state index >= 15 is 0 Å². The summed E-state index contributed by atoms with van der Waals surface area (Å²) in [5, 5.41) is 0.617. The quantitative estimate of drug-likeness (QED) is 0.644. The van der Waals surface area contributed by atoms with E-state index in [2.05, 4.69) is 10.9 Å². The second-order valence-electron chi connectivity index (χ2n) is 4.67. The predicted octanol–water partition coefficient (Wildman–Crippen LogP) is 3.48. The second kappa shape index (κ2) is 8.38. The number of ether oxygens (including phenoxy) is 1. The maximum atomic E-state index is 11.9. The van der Waals surface area contributed by atoms with Crippen molar-refractivity contribution in [2.75, 3.05) is 7.11 Å². The molecule has 0 bridgehead atoms. The minimum absolute atomic E-state index is 0.197. The first kappa shape index (κ1) is 17.8. The summed E-state index contributed by atoms with van der Waals surface area (Å²) < 4.78 is 5.05. The minimum atomic E-state index is -0.539. The van der Waals surface area contributed by atoms with E-state index < -0.39 is 11.8 Å². The lowest BCUT2D eigenvalue weighted by Crippen LogP contribution is -2.40. The van der Waals surface area contributed by atoms with Gasteiger partial charge in [0.15, 0.2) is 0 Å². The number of carbonyl (C=O) groups is 2. The Hall–Kier alpha value is -2.50. The first-order valence-electron chi connectivity index (χ1n) is 6.87. The van der Waals surface area contributed by atoms with Gasteiger partial charge in [-0.25, -0.2) is 0 Å². The lowest BCUT2D eigenvalue weighted by Gasteiger charge is -2.07. The number of hydrogen-bond donors (Lipinski definition) is 2. The van der Waals surface area contributed by atoms with Crippen molar-refractivity contribution in [3.63, 3.8) is 0 Å². The van der Waals surface area contributed by atoms with Gasteiger partial charge in [0.2, 0.25) is 0 Å². The molecule has 0 unspecified atom stereocenters. The van der Waals surface area contributed by atoms with Crippen LogP contribution in [0.3, 0.4) is 0 Å². The van der Waals surface area contributed by atoms with E-state index in [1.807, 2.05) is 0 Å². The molecule has 0 saturated heterocycles. The average Bonchev–Trinajstić information content (AvgIpc) is 2.58. The zero-order chi connectivity index (χ0) is 17.5. The molecule has 0 fully saturated rings. The van der Waals surface area contributed by atoms with E-state index in [0.717, 1.165) is 11.3 Å². The monoisotopic (exact) mass is 364 g/mol. The van der Waals surface area contributed by atoms with Crippen LogP contribution in [0.4, 0.5) is 0 Å². The zero-order valence-electron chi connectivity index (χ0n) is 12.7. The van der Waals surface area contributed by atoms with E-state index in [1.165, 1.54) is 24.3 Å². The van der Waals surface area contributed by atoms with E-state index in [1.54, 1.807) is 37.5 Å². The van der Waals surface area contributed by atoms with Crippen LogP contribution in [-0.2, 0) is 4.79 Å². The number of nitrogens with one attached hydrogen (secondary N) is 2. The van der Waals surface area contributed by atoms with Crippen LogP contribution in [0.2, 0.25) is 10.0 Å². The van der Waals surface area contributed by atoms with Crippen molar-refractivity contribution in [2.45, 2.75) is 0 Å².